The van der Waals surface area contributed by atoms with Gasteiger partial charge in [-0.3, -0.25) is 9.08 Å². The first-order valence-electron chi connectivity index (χ1n) is 7.93. The molecule has 10 heteroatoms. The van der Waals surface area contributed by atoms with Crippen LogP contribution in [-0.2, 0) is 13.2 Å². The summed E-state index contributed by atoms with van der Waals surface area (Å²) >= 11 is 0. The molecule has 0 saturated heterocycles. The SMILES string of the molecule is Cc1cc(-c2c(-c3ccn(C)n3)nc(N)c3nccn23)cc(C(F)(F)F)n1. The van der Waals surface area contributed by atoms with Gasteiger partial charge in [0.2, 0.25) is 0 Å². The minimum atomic E-state index is -4.57. The summed E-state index contributed by atoms with van der Waals surface area (Å²) in [5.41, 5.74) is 7.16. The zero-order chi connectivity index (χ0) is 19.3. The maximum absolute atomic E-state index is 13.3. The third-order valence-corrected chi connectivity index (χ3v) is 4.04. The summed E-state index contributed by atoms with van der Waals surface area (Å²) in [6.45, 7) is 1.51. The molecular weight excluding hydrogens is 359 g/mol. The maximum atomic E-state index is 13.3. The van der Waals surface area contributed by atoms with Gasteiger partial charge in [-0.2, -0.15) is 18.3 Å². The number of aromatic nitrogens is 6. The summed E-state index contributed by atoms with van der Waals surface area (Å²) in [6, 6.07) is 4.27. The van der Waals surface area contributed by atoms with Crippen LogP contribution in [0.2, 0.25) is 0 Å². The highest BCUT2D eigenvalue weighted by molar-refractivity contribution is 5.82. The highest BCUT2D eigenvalue weighted by Crippen LogP contribution is 2.36. The first-order valence-corrected chi connectivity index (χ1v) is 7.93. The highest BCUT2D eigenvalue weighted by atomic mass is 19.4. The van der Waals surface area contributed by atoms with E-state index >= 15 is 0 Å². The second-order valence-corrected chi connectivity index (χ2v) is 6.07. The quantitative estimate of drug-likeness (QED) is 0.583. The summed E-state index contributed by atoms with van der Waals surface area (Å²) in [5.74, 6) is 0.159. The zero-order valence-electron chi connectivity index (χ0n) is 14.4. The molecule has 27 heavy (non-hydrogen) atoms. The number of hydrogen-bond acceptors (Lipinski definition) is 5. The van der Waals surface area contributed by atoms with E-state index < -0.39 is 11.9 Å². The van der Waals surface area contributed by atoms with Crippen molar-refractivity contribution in [1.29, 1.82) is 0 Å². The monoisotopic (exact) mass is 373 g/mol. The molecule has 138 valence electrons. The number of hydrogen-bond donors (Lipinski definition) is 1. The molecule has 0 unspecified atom stereocenters. The molecule has 4 aromatic rings. The van der Waals surface area contributed by atoms with Crippen LogP contribution in [-0.4, -0.2) is 29.1 Å². The van der Waals surface area contributed by atoms with E-state index in [2.05, 4.69) is 20.1 Å². The zero-order valence-corrected chi connectivity index (χ0v) is 14.4. The van der Waals surface area contributed by atoms with E-state index in [0.717, 1.165) is 6.07 Å². The van der Waals surface area contributed by atoms with Crippen LogP contribution in [0.1, 0.15) is 11.4 Å². The van der Waals surface area contributed by atoms with Gasteiger partial charge in [0.25, 0.3) is 0 Å². The first kappa shape index (κ1) is 17.0. The van der Waals surface area contributed by atoms with Crippen molar-refractivity contribution in [2.45, 2.75) is 13.1 Å². The lowest BCUT2D eigenvalue weighted by Crippen LogP contribution is -2.10. The van der Waals surface area contributed by atoms with Crippen molar-refractivity contribution in [3.63, 3.8) is 0 Å². The minimum absolute atomic E-state index is 0.159. The van der Waals surface area contributed by atoms with Crippen molar-refractivity contribution in [2.75, 3.05) is 5.73 Å². The number of rotatable bonds is 2. The molecule has 0 aliphatic heterocycles. The molecule has 0 aromatic carbocycles. The van der Waals surface area contributed by atoms with E-state index in [1.807, 2.05) is 0 Å². The number of nitrogens with zero attached hydrogens (tertiary/aromatic N) is 6. The minimum Gasteiger partial charge on any atom is -0.381 e. The number of anilines is 1. The number of alkyl halides is 3. The van der Waals surface area contributed by atoms with Gasteiger partial charge in [0.15, 0.2) is 11.5 Å². The molecule has 0 aliphatic rings. The van der Waals surface area contributed by atoms with Gasteiger partial charge < -0.3 is 5.73 Å². The Morgan fingerprint density at radius 1 is 1.11 bits per heavy atom. The lowest BCUT2D eigenvalue weighted by Gasteiger charge is -2.14. The van der Waals surface area contributed by atoms with Crippen molar-refractivity contribution >= 4 is 11.5 Å². The molecule has 0 spiro atoms. The topological polar surface area (TPSA) is 86.9 Å². The Morgan fingerprint density at radius 2 is 1.89 bits per heavy atom. The highest BCUT2D eigenvalue weighted by Gasteiger charge is 2.33. The number of fused-ring (bicyclic) bond motifs is 1. The van der Waals surface area contributed by atoms with Crippen molar-refractivity contribution in [1.82, 2.24) is 29.1 Å². The van der Waals surface area contributed by atoms with Gasteiger partial charge in [-0.05, 0) is 25.1 Å². The molecule has 7 nitrogen and oxygen atoms in total. The van der Waals surface area contributed by atoms with Crippen molar-refractivity contribution in [3.8, 4) is 22.6 Å². The smallest absolute Gasteiger partial charge is 0.381 e. The molecule has 0 aliphatic carbocycles. The number of nitrogen functional groups attached to an aromatic ring is 1. The molecule has 0 atom stereocenters. The van der Waals surface area contributed by atoms with E-state index in [-0.39, 0.29) is 11.5 Å². The van der Waals surface area contributed by atoms with Crippen LogP contribution in [0.15, 0.2) is 36.8 Å². The fourth-order valence-corrected chi connectivity index (χ4v) is 2.96. The summed E-state index contributed by atoms with van der Waals surface area (Å²) in [5, 5.41) is 4.32. The molecule has 2 N–H and O–H groups in total. The van der Waals surface area contributed by atoms with Gasteiger partial charge >= 0.3 is 6.18 Å². The lowest BCUT2D eigenvalue weighted by molar-refractivity contribution is -0.141. The van der Waals surface area contributed by atoms with Crippen molar-refractivity contribution in [3.05, 3.63) is 48.2 Å². The number of nitrogens with two attached hydrogens (primary N) is 1. The van der Waals surface area contributed by atoms with Crippen LogP contribution in [0.5, 0.6) is 0 Å². The van der Waals surface area contributed by atoms with Gasteiger partial charge in [-0.1, -0.05) is 0 Å². The number of pyridine rings is 1. The largest absolute Gasteiger partial charge is 0.433 e. The van der Waals surface area contributed by atoms with Crippen molar-refractivity contribution in [2.24, 2.45) is 7.05 Å². The van der Waals surface area contributed by atoms with Crippen LogP contribution in [0.3, 0.4) is 0 Å². The number of imidazole rings is 1. The average molecular weight is 373 g/mol. The molecule has 4 heterocycles. The van der Waals surface area contributed by atoms with E-state index in [9.17, 15) is 13.2 Å². The van der Waals surface area contributed by atoms with Crippen molar-refractivity contribution < 1.29 is 13.2 Å². The Bertz CT molecular complexity index is 1160. The van der Waals surface area contributed by atoms with Gasteiger partial charge in [-0.15, -0.1) is 0 Å². The Hall–Kier alpha value is -3.43. The average Bonchev–Trinajstić information content (AvgIpc) is 3.22. The summed E-state index contributed by atoms with van der Waals surface area (Å²) < 4.78 is 43.0. The van der Waals surface area contributed by atoms with Gasteiger partial charge in [0.05, 0.1) is 5.69 Å². The standard InChI is InChI=1S/C17H14F3N7/c1-9-7-10(8-12(23-9)17(18,19)20)14-13(11-3-5-26(2)25-11)24-15(21)16-22-4-6-27(14)16/h3-8H,1-2H3,(H2,21,24). The number of halogens is 3. The number of aryl methyl sites for hydroxylation is 2. The molecule has 0 amide bonds. The molecule has 0 bridgehead atoms. The third-order valence-electron chi connectivity index (χ3n) is 4.04. The molecule has 4 aromatic heterocycles. The third kappa shape index (κ3) is 2.88. The fourth-order valence-electron chi connectivity index (χ4n) is 2.96. The lowest BCUT2D eigenvalue weighted by atomic mass is 10.1. The molecule has 0 radical (unpaired) electrons. The van der Waals surface area contributed by atoms with Gasteiger partial charge in [-0.25, -0.2) is 15.0 Å². The van der Waals surface area contributed by atoms with E-state index in [1.54, 1.807) is 40.7 Å². The van der Waals surface area contributed by atoms with E-state index in [0.29, 0.717) is 28.3 Å². The Morgan fingerprint density at radius 3 is 2.56 bits per heavy atom. The molecular formula is C17H14F3N7. The van der Waals surface area contributed by atoms with Crippen LogP contribution in [0.4, 0.5) is 19.0 Å². The summed E-state index contributed by atoms with van der Waals surface area (Å²) in [4.78, 5) is 12.1. The van der Waals surface area contributed by atoms with Crippen LogP contribution < -0.4 is 5.73 Å². The summed E-state index contributed by atoms with van der Waals surface area (Å²) in [7, 11) is 1.74. The first-order chi connectivity index (χ1) is 12.7. The maximum Gasteiger partial charge on any atom is 0.433 e. The predicted molar refractivity (Wildman–Crippen MR) is 92.6 cm³/mol. The second kappa shape index (κ2) is 5.79. The van der Waals surface area contributed by atoms with Gasteiger partial charge in [0.1, 0.15) is 17.1 Å². The molecule has 0 saturated carbocycles. The second-order valence-electron chi connectivity index (χ2n) is 6.07. The van der Waals surface area contributed by atoms with Crippen LogP contribution in [0.25, 0.3) is 28.3 Å². The predicted octanol–water partition coefficient (Wildman–Crippen LogP) is 3.10. The fraction of sp³-hybridized carbons (Fsp3) is 0.176. The Balaban J connectivity index is 2.08. The van der Waals surface area contributed by atoms with Crippen LogP contribution >= 0.6 is 0 Å². The van der Waals surface area contributed by atoms with Gasteiger partial charge in [0, 0.05) is 36.9 Å². The Labute approximate surface area is 151 Å². The van der Waals surface area contributed by atoms with E-state index in [1.165, 1.54) is 13.1 Å². The van der Waals surface area contributed by atoms with Crippen LogP contribution in [0, 0.1) is 6.92 Å². The molecule has 4 rings (SSSR count). The van der Waals surface area contributed by atoms with E-state index in [4.69, 9.17) is 5.73 Å². The summed E-state index contributed by atoms with van der Waals surface area (Å²) in [6.07, 6.45) is 0.283. The Kier molecular flexibility index (Phi) is 3.65. The molecule has 0 fully saturated rings. The normalized spacial score (nSPS) is 12.0.